The predicted octanol–water partition coefficient (Wildman–Crippen LogP) is 3.89. The fourth-order valence-electron chi connectivity index (χ4n) is 4.40. The predicted molar refractivity (Wildman–Crippen MR) is 143 cm³/mol. The Hall–Kier alpha value is -2.93. The lowest BCUT2D eigenvalue weighted by atomic mass is 10.0. The summed E-state index contributed by atoms with van der Waals surface area (Å²) in [7, 11) is 0. The minimum absolute atomic E-state index is 0. The average Bonchev–Trinajstić information content (AvgIpc) is 3.35. The SMILES string of the molecule is Cl.Cl.N[C@@H](Cc1ccccc1)C(=O)N1CCC[C@H]1C(=O)N[C@@H](Cc1ccccn1)c1ccccc1. The number of carbonyl (C=O) groups is 2. The largest absolute Gasteiger partial charge is 0.347 e. The lowest BCUT2D eigenvalue weighted by Gasteiger charge is -2.28. The monoisotopic (exact) mass is 514 g/mol. The van der Waals surface area contributed by atoms with Gasteiger partial charge in [-0.05, 0) is 42.5 Å². The number of halogens is 2. The molecule has 0 saturated carbocycles. The van der Waals surface area contributed by atoms with Crippen LogP contribution in [0, 0.1) is 0 Å². The van der Waals surface area contributed by atoms with Gasteiger partial charge in [0.15, 0.2) is 0 Å². The number of hydrogen-bond acceptors (Lipinski definition) is 4. The smallest absolute Gasteiger partial charge is 0.243 e. The second-order valence-corrected chi connectivity index (χ2v) is 8.48. The normalized spacial score (nSPS) is 16.4. The second-order valence-electron chi connectivity index (χ2n) is 8.48. The maximum Gasteiger partial charge on any atom is 0.243 e. The highest BCUT2D eigenvalue weighted by Crippen LogP contribution is 2.22. The number of nitrogens with zero attached hydrogens (tertiary/aromatic N) is 2. The summed E-state index contributed by atoms with van der Waals surface area (Å²) in [5.41, 5.74) is 9.17. The van der Waals surface area contributed by atoms with Gasteiger partial charge in [-0.2, -0.15) is 0 Å². The highest BCUT2D eigenvalue weighted by atomic mass is 35.5. The number of rotatable bonds is 8. The zero-order valence-corrected chi connectivity index (χ0v) is 21.1. The van der Waals surface area contributed by atoms with Crippen LogP contribution in [0.15, 0.2) is 85.1 Å². The van der Waals surface area contributed by atoms with E-state index in [-0.39, 0.29) is 42.7 Å². The van der Waals surface area contributed by atoms with Crippen LogP contribution in [0.25, 0.3) is 0 Å². The van der Waals surface area contributed by atoms with Gasteiger partial charge < -0.3 is 16.0 Å². The molecule has 2 heterocycles. The number of aromatic nitrogens is 1. The van der Waals surface area contributed by atoms with Crippen molar-refractivity contribution in [3.63, 3.8) is 0 Å². The number of likely N-dealkylation sites (tertiary alicyclic amines) is 1. The van der Waals surface area contributed by atoms with Crippen LogP contribution in [-0.4, -0.2) is 40.3 Å². The van der Waals surface area contributed by atoms with Crippen LogP contribution in [0.5, 0.6) is 0 Å². The Labute approximate surface area is 219 Å². The third-order valence-electron chi connectivity index (χ3n) is 6.11. The van der Waals surface area contributed by atoms with Crippen molar-refractivity contribution in [3.8, 4) is 0 Å². The van der Waals surface area contributed by atoms with Gasteiger partial charge in [-0.3, -0.25) is 14.6 Å². The van der Waals surface area contributed by atoms with E-state index in [1.54, 1.807) is 11.1 Å². The summed E-state index contributed by atoms with van der Waals surface area (Å²) in [5, 5.41) is 3.18. The van der Waals surface area contributed by atoms with Gasteiger partial charge in [-0.25, -0.2) is 0 Å². The van der Waals surface area contributed by atoms with Crippen molar-refractivity contribution < 1.29 is 9.59 Å². The number of carbonyl (C=O) groups excluding carboxylic acids is 2. The summed E-state index contributed by atoms with van der Waals surface area (Å²) < 4.78 is 0. The van der Waals surface area contributed by atoms with Gasteiger partial charge in [0.2, 0.25) is 11.8 Å². The number of benzene rings is 2. The Morgan fingerprint density at radius 3 is 2.26 bits per heavy atom. The lowest BCUT2D eigenvalue weighted by molar-refractivity contribution is -0.139. The summed E-state index contributed by atoms with van der Waals surface area (Å²) >= 11 is 0. The van der Waals surface area contributed by atoms with Crippen molar-refractivity contribution in [2.75, 3.05) is 6.54 Å². The molecule has 186 valence electrons. The average molecular weight is 515 g/mol. The van der Waals surface area contributed by atoms with Crippen LogP contribution in [0.1, 0.15) is 35.7 Å². The Morgan fingerprint density at radius 1 is 0.943 bits per heavy atom. The molecule has 0 radical (unpaired) electrons. The van der Waals surface area contributed by atoms with Crippen LogP contribution >= 0.6 is 24.8 Å². The number of pyridine rings is 1. The zero-order chi connectivity index (χ0) is 23.0. The van der Waals surface area contributed by atoms with Crippen molar-refractivity contribution in [2.45, 2.75) is 43.8 Å². The van der Waals surface area contributed by atoms with Gasteiger partial charge in [0.05, 0.1) is 12.1 Å². The lowest BCUT2D eigenvalue weighted by Crippen LogP contribution is -2.52. The third kappa shape index (κ3) is 7.52. The fraction of sp³-hybridized carbons (Fsp3) is 0.296. The van der Waals surface area contributed by atoms with E-state index < -0.39 is 12.1 Å². The molecule has 8 heteroatoms. The second kappa shape index (κ2) is 13.8. The van der Waals surface area contributed by atoms with E-state index in [0.29, 0.717) is 25.8 Å². The van der Waals surface area contributed by atoms with Crippen LogP contribution in [0.3, 0.4) is 0 Å². The van der Waals surface area contributed by atoms with Crippen LogP contribution < -0.4 is 11.1 Å². The third-order valence-corrected chi connectivity index (χ3v) is 6.11. The highest BCUT2D eigenvalue weighted by Gasteiger charge is 2.37. The molecular weight excluding hydrogens is 483 g/mol. The molecule has 1 aromatic heterocycles. The molecule has 2 aromatic carbocycles. The molecule has 0 unspecified atom stereocenters. The summed E-state index contributed by atoms with van der Waals surface area (Å²) in [4.78, 5) is 32.6. The molecule has 4 rings (SSSR count). The van der Waals surface area contributed by atoms with Gasteiger partial charge in [0.25, 0.3) is 0 Å². The van der Waals surface area contributed by atoms with E-state index in [0.717, 1.165) is 23.2 Å². The molecule has 3 aromatic rings. The summed E-state index contributed by atoms with van der Waals surface area (Å²) in [6.07, 6.45) is 4.21. The Bertz CT molecular complexity index is 1050. The highest BCUT2D eigenvalue weighted by molar-refractivity contribution is 5.90. The van der Waals surface area contributed by atoms with Crippen molar-refractivity contribution in [2.24, 2.45) is 5.73 Å². The van der Waals surface area contributed by atoms with Gasteiger partial charge in [0.1, 0.15) is 6.04 Å². The molecule has 35 heavy (non-hydrogen) atoms. The number of nitrogens with two attached hydrogens (primary N) is 1. The first-order valence-corrected chi connectivity index (χ1v) is 11.5. The number of amides is 2. The summed E-state index contributed by atoms with van der Waals surface area (Å²) in [5.74, 6) is -0.310. The molecule has 0 spiro atoms. The van der Waals surface area contributed by atoms with E-state index in [9.17, 15) is 9.59 Å². The number of nitrogens with one attached hydrogen (secondary N) is 1. The van der Waals surface area contributed by atoms with Crippen molar-refractivity contribution in [1.29, 1.82) is 0 Å². The molecule has 6 nitrogen and oxygen atoms in total. The van der Waals surface area contributed by atoms with Crippen LogP contribution in [-0.2, 0) is 22.4 Å². The first kappa shape index (κ1) is 28.3. The maximum absolute atomic E-state index is 13.3. The maximum atomic E-state index is 13.3. The van der Waals surface area contributed by atoms with Gasteiger partial charge in [0, 0.05) is 24.9 Å². The standard InChI is InChI=1S/C27H30N4O2.2ClH/c28-23(18-20-10-3-1-4-11-20)27(33)31-17-9-15-25(31)26(32)30-24(21-12-5-2-6-13-21)19-22-14-7-8-16-29-22;;/h1-8,10-14,16,23-25H,9,15,17-19,28H2,(H,30,32);2*1H/t23-,24-,25-;;/m0../s1. The molecule has 0 bridgehead atoms. The molecule has 1 aliphatic heterocycles. The molecule has 1 fully saturated rings. The quantitative estimate of drug-likeness (QED) is 0.477. The minimum Gasteiger partial charge on any atom is -0.347 e. The van der Waals surface area contributed by atoms with E-state index in [1.807, 2.05) is 78.9 Å². The van der Waals surface area contributed by atoms with E-state index in [4.69, 9.17) is 5.73 Å². The Morgan fingerprint density at radius 2 is 1.60 bits per heavy atom. The summed E-state index contributed by atoms with van der Waals surface area (Å²) in [6, 6.07) is 24.0. The Balaban J connectivity index is 0.00000216. The number of hydrogen-bond donors (Lipinski definition) is 2. The van der Waals surface area contributed by atoms with E-state index in [2.05, 4.69) is 10.3 Å². The molecule has 3 atom stereocenters. The topological polar surface area (TPSA) is 88.3 Å². The van der Waals surface area contributed by atoms with Gasteiger partial charge in [-0.1, -0.05) is 66.7 Å². The molecule has 1 saturated heterocycles. The van der Waals surface area contributed by atoms with E-state index in [1.165, 1.54) is 0 Å². The first-order chi connectivity index (χ1) is 16.1. The molecule has 3 N–H and O–H groups in total. The van der Waals surface area contributed by atoms with Crippen molar-refractivity contribution >= 4 is 36.6 Å². The summed E-state index contributed by atoms with van der Waals surface area (Å²) in [6.45, 7) is 0.551. The molecular formula is C27H32Cl2N4O2. The van der Waals surface area contributed by atoms with Crippen molar-refractivity contribution in [3.05, 3.63) is 102 Å². The van der Waals surface area contributed by atoms with Crippen LogP contribution in [0.4, 0.5) is 0 Å². The fourth-order valence-corrected chi connectivity index (χ4v) is 4.40. The Kier molecular flexibility index (Phi) is 11.2. The zero-order valence-electron chi connectivity index (χ0n) is 19.5. The van der Waals surface area contributed by atoms with Gasteiger partial charge in [-0.15, -0.1) is 24.8 Å². The van der Waals surface area contributed by atoms with Gasteiger partial charge >= 0.3 is 0 Å². The molecule has 0 aliphatic carbocycles. The van der Waals surface area contributed by atoms with E-state index >= 15 is 0 Å². The molecule has 1 aliphatic rings. The first-order valence-electron chi connectivity index (χ1n) is 11.5. The minimum atomic E-state index is -0.667. The van der Waals surface area contributed by atoms with Crippen molar-refractivity contribution in [1.82, 2.24) is 15.2 Å². The molecule has 2 amide bonds. The van der Waals surface area contributed by atoms with Crippen LogP contribution in [0.2, 0.25) is 0 Å².